The summed E-state index contributed by atoms with van der Waals surface area (Å²) in [7, 11) is 0. The maximum atomic E-state index is 12.6. The first-order valence-corrected chi connectivity index (χ1v) is 11.7. The third-order valence-electron chi connectivity index (χ3n) is 7.16. The second kappa shape index (κ2) is 9.46. The molecule has 1 heterocycles. The van der Waals surface area contributed by atoms with Crippen LogP contribution < -0.4 is 10.6 Å². The lowest BCUT2D eigenvalue weighted by atomic mass is 9.80. The zero-order valence-electron chi connectivity index (χ0n) is 18.7. The average Bonchev–Trinajstić information content (AvgIpc) is 3.41. The summed E-state index contributed by atoms with van der Waals surface area (Å²) >= 11 is 0. The van der Waals surface area contributed by atoms with E-state index in [4.69, 9.17) is 14.6 Å². The molecule has 0 bridgehead atoms. The fourth-order valence-corrected chi connectivity index (χ4v) is 5.22. The fraction of sp³-hybridized carbons (Fsp3) is 0.423. The quantitative estimate of drug-likeness (QED) is 0.581. The minimum atomic E-state index is -0.826. The van der Waals surface area contributed by atoms with E-state index in [2.05, 4.69) is 34.9 Å². The lowest BCUT2D eigenvalue weighted by Crippen LogP contribution is -2.51. The summed E-state index contributed by atoms with van der Waals surface area (Å²) in [4.78, 5) is 36.0. The molecule has 0 radical (unpaired) electrons. The van der Waals surface area contributed by atoms with Gasteiger partial charge in [0.1, 0.15) is 12.7 Å². The molecule has 0 aromatic heterocycles. The molecule has 178 valence electrons. The largest absolute Gasteiger partial charge is 0.481 e. The van der Waals surface area contributed by atoms with E-state index < -0.39 is 18.2 Å². The predicted octanol–water partition coefficient (Wildman–Crippen LogP) is 2.91. The first kappa shape index (κ1) is 22.4. The van der Waals surface area contributed by atoms with Crippen LogP contribution in [0, 0.1) is 11.8 Å². The van der Waals surface area contributed by atoms with Gasteiger partial charge in [-0.1, -0.05) is 48.5 Å². The van der Waals surface area contributed by atoms with Crippen molar-refractivity contribution in [2.45, 2.75) is 37.3 Å². The highest BCUT2D eigenvalue weighted by Gasteiger charge is 2.40. The van der Waals surface area contributed by atoms with Crippen molar-refractivity contribution in [2.24, 2.45) is 11.8 Å². The van der Waals surface area contributed by atoms with Gasteiger partial charge in [0.2, 0.25) is 5.91 Å². The highest BCUT2D eigenvalue weighted by molar-refractivity contribution is 5.82. The van der Waals surface area contributed by atoms with Gasteiger partial charge in [-0.15, -0.1) is 0 Å². The standard InChI is InChI=1S/C26H28N2O6/c29-24(28-17-11-16(12-17)25(30)31)23-15(9-10-33-23)13-27-26(32)34-14-22-20-7-3-1-5-18(20)19-6-2-4-8-21(19)22/h1-8,15-17,22-23H,9-14H2,(H,27,32)(H,28,29)(H,30,31)/t15-,16?,17?,23-/m1/s1. The van der Waals surface area contributed by atoms with Crippen LogP contribution in [0.3, 0.4) is 0 Å². The van der Waals surface area contributed by atoms with Gasteiger partial charge in [0, 0.05) is 31.0 Å². The number of nitrogens with one attached hydrogen (secondary N) is 2. The zero-order valence-corrected chi connectivity index (χ0v) is 18.7. The fourth-order valence-electron chi connectivity index (χ4n) is 5.22. The molecule has 1 saturated heterocycles. The maximum absolute atomic E-state index is 12.6. The van der Waals surface area contributed by atoms with Crippen molar-refractivity contribution in [1.82, 2.24) is 10.6 Å². The Bertz CT molecular complexity index is 1050. The van der Waals surface area contributed by atoms with Crippen LogP contribution in [0.15, 0.2) is 48.5 Å². The van der Waals surface area contributed by atoms with Crippen LogP contribution in [0.1, 0.15) is 36.3 Å². The van der Waals surface area contributed by atoms with Crippen LogP contribution in [0.5, 0.6) is 0 Å². The monoisotopic (exact) mass is 464 g/mol. The number of fused-ring (bicyclic) bond motifs is 3. The van der Waals surface area contributed by atoms with Crippen molar-refractivity contribution in [3.8, 4) is 11.1 Å². The third-order valence-corrected chi connectivity index (χ3v) is 7.16. The molecule has 2 aromatic carbocycles. The molecule has 3 aliphatic rings. The summed E-state index contributed by atoms with van der Waals surface area (Å²) in [6, 6.07) is 16.2. The summed E-state index contributed by atoms with van der Waals surface area (Å²) in [5.74, 6) is -1.63. The number of carboxylic acids is 1. The van der Waals surface area contributed by atoms with Gasteiger partial charge >= 0.3 is 12.1 Å². The number of amides is 2. The van der Waals surface area contributed by atoms with Crippen LogP contribution in [-0.4, -0.2) is 55.0 Å². The van der Waals surface area contributed by atoms with Gasteiger partial charge in [0.25, 0.3) is 0 Å². The molecule has 0 unspecified atom stereocenters. The normalized spacial score (nSPS) is 25.1. The smallest absolute Gasteiger partial charge is 0.407 e. The molecule has 2 amide bonds. The second-order valence-corrected chi connectivity index (χ2v) is 9.26. The molecule has 0 spiro atoms. The van der Waals surface area contributed by atoms with E-state index in [1.807, 2.05) is 24.3 Å². The van der Waals surface area contributed by atoms with Crippen molar-refractivity contribution < 1.29 is 29.0 Å². The molecule has 2 atom stereocenters. The minimum Gasteiger partial charge on any atom is -0.481 e. The SMILES string of the molecule is O=C(NC[C@H]1CCO[C@H]1C(=O)NC1CC(C(=O)O)C1)OCC1c2ccccc2-c2ccccc21. The summed E-state index contributed by atoms with van der Waals surface area (Å²) in [5.41, 5.74) is 4.65. The molecule has 8 nitrogen and oxygen atoms in total. The Morgan fingerprint density at radius 2 is 1.65 bits per heavy atom. The van der Waals surface area contributed by atoms with Crippen LogP contribution in [0.2, 0.25) is 0 Å². The highest BCUT2D eigenvalue weighted by atomic mass is 16.5. The van der Waals surface area contributed by atoms with Crippen molar-refractivity contribution in [3.63, 3.8) is 0 Å². The number of benzene rings is 2. The number of carbonyl (C=O) groups is 3. The Morgan fingerprint density at radius 1 is 1.00 bits per heavy atom. The van der Waals surface area contributed by atoms with Gasteiger partial charge in [0.05, 0.1) is 5.92 Å². The maximum Gasteiger partial charge on any atom is 0.407 e. The number of carboxylic acid groups (broad SMARTS) is 1. The molecule has 2 aliphatic carbocycles. The molecule has 1 aliphatic heterocycles. The van der Waals surface area contributed by atoms with Crippen LogP contribution in [-0.2, 0) is 19.1 Å². The number of rotatable bonds is 7. The molecular formula is C26H28N2O6. The average molecular weight is 465 g/mol. The molecule has 34 heavy (non-hydrogen) atoms. The molecular weight excluding hydrogens is 436 g/mol. The first-order chi connectivity index (χ1) is 16.5. The lowest BCUT2D eigenvalue weighted by molar-refractivity contribution is -0.147. The van der Waals surface area contributed by atoms with E-state index >= 15 is 0 Å². The van der Waals surface area contributed by atoms with Crippen molar-refractivity contribution in [1.29, 1.82) is 0 Å². The van der Waals surface area contributed by atoms with Gasteiger partial charge in [0.15, 0.2) is 0 Å². The first-order valence-electron chi connectivity index (χ1n) is 11.7. The van der Waals surface area contributed by atoms with E-state index in [9.17, 15) is 14.4 Å². The summed E-state index contributed by atoms with van der Waals surface area (Å²) in [6.07, 6.45) is 0.367. The van der Waals surface area contributed by atoms with Crippen molar-refractivity contribution in [3.05, 3.63) is 59.7 Å². The Labute approximate surface area is 197 Å². The zero-order chi connectivity index (χ0) is 23.7. The van der Waals surface area contributed by atoms with Gasteiger partial charge < -0.3 is 25.2 Å². The molecule has 8 heteroatoms. The second-order valence-electron chi connectivity index (χ2n) is 9.26. The van der Waals surface area contributed by atoms with Gasteiger partial charge in [-0.25, -0.2) is 4.79 Å². The Balaban J connectivity index is 1.11. The molecule has 5 rings (SSSR count). The van der Waals surface area contributed by atoms with Crippen LogP contribution in [0.25, 0.3) is 11.1 Å². The Morgan fingerprint density at radius 3 is 2.29 bits per heavy atom. The molecule has 1 saturated carbocycles. The number of hydrogen-bond acceptors (Lipinski definition) is 5. The summed E-state index contributed by atoms with van der Waals surface area (Å²) < 4.78 is 11.2. The van der Waals surface area contributed by atoms with E-state index in [0.717, 1.165) is 11.1 Å². The van der Waals surface area contributed by atoms with Crippen LogP contribution >= 0.6 is 0 Å². The topological polar surface area (TPSA) is 114 Å². The number of aliphatic carboxylic acids is 1. The number of alkyl carbamates (subject to hydrolysis) is 1. The van der Waals surface area contributed by atoms with Gasteiger partial charge in [-0.2, -0.15) is 0 Å². The van der Waals surface area contributed by atoms with Crippen molar-refractivity contribution >= 4 is 18.0 Å². The Hall–Kier alpha value is -3.39. The molecule has 2 aromatic rings. The predicted molar refractivity (Wildman–Crippen MR) is 123 cm³/mol. The summed E-state index contributed by atoms with van der Waals surface area (Å²) in [6.45, 7) is 0.950. The molecule has 3 N–H and O–H groups in total. The number of hydrogen-bond donors (Lipinski definition) is 3. The summed E-state index contributed by atoms with van der Waals surface area (Å²) in [5, 5.41) is 14.6. The van der Waals surface area contributed by atoms with Gasteiger partial charge in [-0.3, -0.25) is 9.59 Å². The number of ether oxygens (including phenoxy) is 2. The van der Waals surface area contributed by atoms with E-state index in [0.29, 0.717) is 25.9 Å². The van der Waals surface area contributed by atoms with E-state index in [-0.39, 0.29) is 42.9 Å². The van der Waals surface area contributed by atoms with E-state index in [1.165, 1.54) is 11.1 Å². The minimum absolute atomic E-state index is 0.0106. The van der Waals surface area contributed by atoms with Gasteiger partial charge in [-0.05, 0) is 41.5 Å². The van der Waals surface area contributed by atoms with Crippen molar-refractivity contribution in [2.75, 3.05) is 19.8 Å². The molecule has 2 fully saturated rings. The van der Waals surface area contributed by atoms with E-state index in [1.54, 1.807) is 0 Å². The Kier molecular flexibility index (Phi) is 6.24. The highest BCUT2D eigenvalue weighted by Crippen LogP contribution is 2.44. The van der Waals surface area contributed by atoms with Crippen LogP contribution in [0.4, 0.5) is 4.79 Å². The lowest BCUT2D eigenvalue weighted by Gasteiger charge is -2.34. The third kappa shape index (κ3) is 4.37. The number of carbonyl (C=O) groups excluding carboxylic acids is 2.